The molecule has 0 bridgehead atoms. The largest absolute Gasteiger partial charge is 0.453 e. The number of nitrogens with one attached hydrogen (secondary N) is 2. The number of rotatable bonds is 3. The number of carbonyl (C=O) groups is 3. The van der Waals surface area contributed by atoms with E-state index in [1.807, 2.05) is 19.1 Å². The van der Waals surface area contributed by atoms with Gasteiger partial charge in [0.2, 0.25) is 0 Å². The molecule has 1 aliphatic rings. The van der Waals surface area contributed by atoms with E-state index in [-0.39, 0.29) is 5.91 Å². The molecule has 6 nitrogen and oxygen atoms in total. The minimum absolute atomic E-state index is 0.271. The molecule has 0 unspecified atom stereocenters. The Balaban J connectivity index is 1.96. The van der Waals surface area contributed by atoms with Crippen molar-refractivity contribution >= 4 is 34.2 Å². The summed E-state index contributed by atoms with van der Waals surface area (Å²) < 4.78 is 4.53. The number of imide groups is 1. The van der Waals surface area contributed by atoms with Gasteiger partial charge in [-0.25, -0.2) is 4.79 Å². The Morgan fingerprint density at radius 3 is 2.63 bits per heavy atom. The van der Waals surface area contributed by atoms with Gasteiger partial charge in [-0.15, -0.1) is 11.3 Å². The van der Waals surface area contributed by atoms with Gasteiger partial charge in [0.15, 0.2) is 0 Å². The molecule has 1 aromatic heterocycles. The van der Waals surface area contributed by atoms with Crippen molar-refractivity contribution in [2.24, 2.45) is 5.92 Å². The van der Waals surface area contributed by atoms with E-state index in [2.05, 4.69) is 22.3 Å². The summed E-state index contributed by atoms with van der Waals surface area (Å²) in [6, 6.07) is 7.27. The van der Waals surface area contributed by atoms with Gasteiger partial charge in [-0.3, -0.25) is 14.9 Å². The zero-order chi connectivity index (χ0) is 19.6. The van der Waals surface area contributed by atoms with Crippen LogP contribution in [-0.4, -0.2) is 25.0 Å². The van der Waals surface area contributed by atoms with Crippen molar-refractivity contribution in [3.63, 3.8) is 0 Å². The fourth-order valence-electron chi connectivity index (χ4n) is 3.28. The van der Waals surface area contributed by atoms with Gasteiger partial charge in [0, 0.05) is 10.4 Å². The van der Waals surface area contributed by atoms with Gasteiger partial charge in [-0.2, -0.15) is 0 Å². The second kappa shape index (κ2) is 7.92. The molecule has 1 atom stereocenters. The Labute approximate surface area is 161 Å². The van der Waals surface area contributed by atoms with Gasteiger partial charge in [0.25, 0.3) is 11.8 Å². The molecule has 0 saturated carbocycles. The Kier molecular flexibility index (Phi) is 5.60. The van der Waals surface area contributed by atoms with Crippen LogP contribution < -0.4 is 10.6 Å². The minimum Gasteiger partial charge on any atom is -0.453 e. The van der Waals surface area contributed by atoms with E-state index in [9.17, 15) is 14.4 Å². The number of hydrogen-bond acceptors (Lipinski definition) is 5. The molecule has 0 fully saturated rings. The van der Waals surface area contributed by atoms with Crippen molar-refractivity contribution in [1.29, 1.82) is 0 Å². The third kappa shape index (κ3) is 4.03. The fourth-order valence-corrected chi connectivity index (χ4v) is 4.69. The normalized spacial score (nSPS) is 15.6. The molecule has 2 N–H and O–H groups in total. The number of carbonyl (C=O) groups excluding carboxylic acids is 3. The summed E-state index contributed by atoms with van der Waals surface area (Å²) in [5, 5.41) is 5.57. The number of hydrogen-bond donors (Lipinski definition) is 2. The van der Waals surface area contributed by atoms with Crippen LogP contribution in [0.2, 0.25) is 0 Å². The zero-order valence-electron chi connectivity index (χ0n) is 15.5. The molecule has 0 aliphatic heterocycles. The number of ether oxygens (including phenoxy) is 1. The molecule has 0 radical (unpaired) electrons. The van der Waals surface area contributed by atoms with E-state index < -0.39 is 12.0 Å². The third-order valence-corrected chi connectivity index (χ3v) is 5.93. The van der Waals surface area contributed by atoms with E-state index >= 15 is 0 Å². The van der Waals surface area contributed by atoms with Crippen LogP contribution in [0.1, 0.15) is 50.1 Å². The lowest BCUT2D eigenvalue weighted by Crippen LogP contribution is -2.31. The number of anilines is 1. The third-order valence-electron chi connectivity index (χ3n) is 4.76. The number of benzene rings is 1. The summed E-state index contributed by atoms with van der Waals surface area (Å²) in [6.45, 7) is 4.03. The van der Waals surface area contributed by atoms with E-state index in [1.54, 1.807) is 12.1 Å². The fraction of sp³-hybridized carbons (Fsp3) is 0.350. The van der Waals surface area contributed by atoms with Gasteiger partial charge in [0.1, 0.15) is 5.00 Å². The summed E-state index contributed by atoms with van der Waals surface area (Å²) in [5.41, 5.74) is 2.69. The Morgan fingerprint density at radius 2 is 1.93 bits per heavy atom. The van der Waals surface area contributed by atoms with Crippen LogP contribution in [0.25, 0.3) is 0 Å². The van der Waals surface area contributed by atoms with Gasteiger partial charge in [-0.05, 0) is 49.3 Å². The molecule has 0 saturated heterocycles. The van der Waals surface area contributed by atoms with Crippen LogP contribution in [0.3, 0.4) is 0 Å². The molecule has 3 amide bonds. The standard InChI is InChI=1S/C20H22N2O4S/c1-11-8-9-14-15(10-11)27-19(16(14)18(24)22-20(25)26-3)21-17(23)13-7-5-4-6-12(13)2/h4-7,11H,8-10H2,1-3H3,(H,21,23)(H,22,24,25)/t11-/m0/s1. The quantitative estimate of drug-likeness (QED) is 0.837. The van der Waals surface area contributed by atoms with E-state index in [1.165, 1.54) is 18.4 Å². The molecule has 3 rings (SSSR count). The van der Waals surface area contributed by atoms with E-state index in [0.717, 1.165) is 35.3 Å². The first kappa shape index (κ1) is 19.1. The molecule has 1 heterocycles. The maximum atomic E-state index is 12.7. The summed E-state index contributed by atoms with van der Waals surface area (Å²) in [7, 11) is 1.20. The first-order chi connectivity index (χ1) is 12.9. The van der Waals surface area contributed by atoms with Crippen LogP contribution in [0.15, 0.2) is 24.3 Å². The van der Waals surface area contributed by atoms with Crippen LogP contribution in [-0.2, 0) is 17.6 Å². The monoisotopic (exact) mass is 386 g/mol. The van der Waals surface area contributed by atoms with Crippen molar-refractivity contribution in [3.8, 4) is 0 Å². The Morgan fingerprint density at radius 1 is 1.19 bits per heavy atom. The van der Waals surface area contributed by atoms with Crippen molar-refractivity contribution in [3.05, 3.63) is 51.4 Å². The molecule has 142 valence electrons. The molecule has 7 heteroatoms. The highest BCUT2D eigenvalue weighted by Crippen LogP contribution is 2.39. The molecule has 2 aromatic rings. The topological polar surface area (TPSA) is 84.5 Å². The van der Waals surface area contributed by atoms with Crippen LogP contribution in [0.5, 0.6) is 0 Å². The number of amides is 3. The number of fused-ring (bicyclic) bond motifs is 1. The zero-order valence-corrected chi connectivity index (χ0v) is 16.4. The first-order valence-electron chi connectivity index (χ1n) is 8.81. The summed E-state index contributed by atoms with van der Waals surface area (Å²) >= 11 is 1.41. The number of methoxy groups -OCH3 is 1. The van der Waals surface area contributed by atoms with Gasteiger partial charge < -0.3 is 10.1 Å². The molecule has 27 heavy (non-hydrogen) atoms. The highest BCUT2D eigenvalue weighted by Gasteiger charge is 2.29. The Bertz CT molecular complexity index is 903. The second-order valence-corrected chi connectivity index (χ2v) is 7.88. The minimum atomic E-state index is -0.819. The van der Waals surface area contributed by atoms with E-state index in [0.29, 0.717) is 22.0 Å². The average molecular weight is 386 g/mol. The smallest absolute Gasteiger partial charge is 0.413 e. The van der Waals surface area contributed by atoms with Gasteiger partial charge >= 0.3 is 6.09 Å². The lowest BCUT2D eigenvalue weighted by Gasteiger charge is -2.18. The van der Waals surface area contributed by atoms with Gasteiger partial charge in [-0.1, -0.05) is 25.1 Å². The second-order valence-electron chi connectivity index (χ2n) is 6.77. The van der Waals surface area contributed by atoms with Crippen LogP contribution in [0, 0.1) is 12.8 Å². The number of aryl methyl sites for hydroxylation is 1. The summed E-state index contributed by atoms with van der Waals surface area (Å²) in [4.78, 5) is 38.0. The highest BCUT2D eigenvalue weighted by molar-refractivity contribution is 7.17. The molecule has 0 spiro atoms. The van der Waals surface area contributed by atoms with Crippen LogP contribution >= 0.6 is 11.3 Å². The summed E-state index contributed by atoms with van der Waals surface area (Å²) in [5.74, 6) is -0.298. The number of thiophene rings is 1. The molecular weight excluding hydrogens is 364 g/mol. The predicted octanol–water partition coefficient (Wildman–Crippen LogP) is 3.93. The van der Waals surface area contributed by atoms with Crippen molar-refractivity contribution < 1.29 is 19.1 Å². The lowest BCUT2D eigenvalue weighted by molar-refractivity contribution is 0.0937. The van der Waals surface area contributed by atoms with Crippen molar-refractivity contribution in [2.45, 2.75) is 33.1 Å². The molecule has 1 aliphatic carbocycles. The maximum absolute atomic E-state index is 12.7. The SMILES string of the molecule is COC(=O)NC(=O)c1c(NC(=O)c2ccccc2C)sc2c1CC[C@H](C)C2. The maximum Gasteiger partial charge on any atom is 0.413 e. The first-order valence-corrected chi connectivity index (χ1v) is 9.63. The van der Waals surface area contributed by atoms with E-state index in [4.69, 9.17) is 0 Å². The highest BCUT2D eigenvalue weighted by atomic mass is 32.1. The number of alkyl carbamates (subject to hydrolysis) is 1. The van der Waals surface area contributed by atoms with Crippen LogP contribution in [0.4, 0.5) is 9.80 Å². The predicted molar refractivity (Wildman–Crippen MR) is 105 cm³/mol. The Hall–Kier alpha value is -2.67. The van der Waals surface area contributed by atoms with Gasteiger partial charge in [0.05, 0.1) is 12.7 Å². The van der Waals surface area contributed by atoms with Crippen molar-refractivity contribution in [2.75, 3.05) is 12.4 Å². The lowest BCUT2D eigenvalue weighted by atomic mass is 9.88. The average Bonchev–Trinajstić information content (AvgIpc) is 2.98. The molecule has 1 aromatic carbocycles. The summed E-state index contributed by atoms with van der Waals surface area (Å²) in [6.07, 6.45) is 1.75. The molecular formula is C20H22N2O4S. The van der Waals surface area contributed by atoms with Crippen molar-refractivity contribution in [1.82, 2.24) is 5.32 Å².